The van der Waals surface area contributed by atoms with Crippen molar-refractivity contribution < 1.29 is 41.9 Å². The maximum Gasteiger partial charge on any atom is 0.490 e. The molecule has 0 bridgehead atoms. The van der Waals surface area contributed by atoms with E-state index in [1.807, 2.05) is 30.0 Å². The molecule has 2 aromatic heterocycles. The van der Waals surface area contributed by atoms with Gasteiger partial charge in [0.1, 0.15) is 16.9 Å². The van der Waals surface area contributed by atoms with Crippen molar-refractivity contribution in [1.82, 2.24) is 15.0 Å². The number of halogens is 3. The van der Waals surface area contributed by atoms with Crippen LogP contribution in [0.4, 0.5) is 13.2 Å². The number of carbonyl (C=O) groups is 2. The summed E-state index contributed by atoms with van der Waals surface area (Å²) in [5.74, 6) is -1.10. The van der Waals surface area contributed by atoms with Crippen LogP contribution in [0, 0.1) is 5.92 Å². The summed E-state index contributed by atoms with van der Waals surface area (Å²) in [6.45, 7) is 4.53. The Balaban J connectivity index is 0.000000383. The van der Waals surface area contributed by atoms with Crippen molar-refractivity contribution in [3.63, 3.8) is 0 Å². The third kappa shape index (κ3) is 5.81. The first-order valence-electron chi connectivity index (χ1n) is 10.4. The highest BCUT2D eigenvalue weighted by atomic mass is 19.4. The van der Waals surface area contributed by atoms with Crippen molar-refractivity contribution in [3.05, 3.63) is 41.9 Å². The third-order valence-corrected chi connectivity index (χ3v) is 5.60. The molecule has 180 valence electrons. The van der Waals surface area contributed by atoms with E-state index in [1.54, 1.807) is 6.20 Å². The number of likely N-dealkylation sites (tertiary alicyclic amines) is 1. The van der Waals surface area contributed by atoms with Gasteiger partial charge in [0.15, 0.2) is 0 Å². The Morgan fingerprint density at radius 2 is 2.06 bits per heavy atom. The average Bonchev–Trinajstić information content (AvgIpc) is 3.40. The lowest BCUT2D eigenvalue weighted by Crippen LogP contribution is -2.66. The highest BCUT2D eigenvalue weighted by molar-refractivity contribution is 5.95. The number of pyridine rings is 1. The van der Waals surface area contributed by atoms with Crippen molar-refractivity contribution in [1.29, 1.82) is 0 Å². The molecule has 2 aliphatic heterocycles. The molecule has 1 unspecified atom stereocenters. The molecule has 4 rings (SSSR count). The van der Waals surface area contributed by atoms with Crippen molar-refractivity contribution in [2.24, 2.45) is 5.92 Å². The maximum absolute atomic E-state index is 12.7. The zero-order valence-electron chi connectivity index (χ0n) is 17.9. The summed E-state index contributed by atoms with van der Waals surface area (Å²) in [6, 6.07) is 5.63. The van der Waals surface area contributed by atoms with Gasteiger partial charge in [0.05, 0.1) is 25.9 Å². The molecule has 1 N–H and O–H groups in total. The number of carbonyl (C=O) groups excluding carboxylic acids is 1. The Kier molecular flexibility index (Phi) is 7.57. The summed E-state index contributed by atoms with van der Waals surface area (Å²) in [5, 5.41) is 10.9. The van der Waals surface area contributed by atoms with Crippen molar-refractivity contribution in [2.75, 3.05) is 26.3 Å². The molecule has 1 amide bonds. The van der Waals surface area contributed by atoms with E-state index in [9.17, 15) is 18.0 Å². The Bertz CT molecular complexity index is 944. The summed E-state index contributed by atoms with van der Waals surface area (Å²) in [6.07, 6.45) is 0.706. The van der Waals surface area contributed by atoms with E-state index in [4.69, 9.17) is 23.9 Å². The molecule has 0 aliphatic carbocycles. The second kappa shape index (κ2) is 10.2. The lowest BCUT2D eigenvalue weighted by Gasteiger charge is -2.50. The maximum atomic E-state index is 12.7. The van der Waals surface area contributed by atoms with Crippen LogP contribution in [0.1, 0.15) is 35.9 Å². The van der Waals surface area contributed by atoms with Crippen LogP contribution in [0.3, 0.4) is 0 Å². The van der Waals surface area contributed by atoms with Crippen LogP contribution in [0.5, 0.6) is 5.88 Å². The summed E-state index contributed by atoms with van der Waals surface area (Å²) < 4.78 is 48.6. The van der Waals surface area contributed by atoms with E-state index in [2.05, 4.69) is 10.1 Å². The van der Waals surface area contributed by atoms with Crippen molar-refractivity contribution in [2.45, 2.75) is 38.0 Å². The average molecular weight is 471 g/mol. The van der Waals surface area contributed by atoms with Crippen molar-refractivity contribution >= 4 is 11.9 Å². The van der Waals surface area contributed by atoms with Crippen LogP contribution < -0.4 is 4.74 Å². The minimum absolute atomic E-state index is 0.0206. The SMILES string of the molecule is CCc1oncc1C(=O)N1CC2(C1)OCCC2CCOc1ccccn1.O=C(O)C(F)(F)F. The Morgan fingerprint density at radius 3 is 2.67 bits per heavy atom. The van der Waals surface area contributed by atoms with Gasteiger partial charge in [-0.15, -0.1) is 0 Å². The molecule has 2 fully saturated rings. The smallest absolute Gasteiger partial charge is 0.478 e. The number of alkyl halides is 3. The van der Waals surface area contributed by atoms with Crippen LogP contribution >= 0.6 is 0 Å². The molecule has 12 heteroatoms. The van der Waals surface area contributed by atoms with Gasteiger partial charge in [-0.2, -0.15) is 13.2 Å². The number of aromatic nitrogens is 2. The molecule has 0 radical (unpaired) electrons. The highest BCUT2D eigenvalue weighted by Crippen LogP contribution is 2.42. The molecule has 2 aliphatic rings. The zero-order valence-corrected chi connectivity index (χ0v) is 17.9. The number of hydrogen-bond acceptors (Lipinski definition) is 7. The van der Waals surface area contributed by atoms with E-state index in [0.29, 0.717) is 49.2 Å². The fourth-order valence-electron chi connectivity index (χ4n) is 3.89. The summed E-state index contributed by atoms with van der Waals surface area (Å²) in [4.78, 5) is 27.5. The number of rotatable bonds is 6. The van der Waals surface area contributed by atoms with E-state index < -0.39 is 12.1 Å². The number of ether oxygens (including phenoxy) is 2. The number of aliphatic carboxylic acids is 1. The number of carboxylic acids is 1. The van der Waals surface area contributed by atoms with Gasteiger partial charge < -0.3 is 24.0 Å². The summed E-state index contributed by atoms with van der Waals surface area (Å²) in [5.41, 5.74) is 0.336. The van der Waals surface area contributed by atoms with Gasteiger partial charge in [-0.05, 0) is 24.8 Å². The zero-order chi connectivity index (χ0) is 24.1. The lowest BCUT2D eigenvalue weighted by atomic mass is 9.79. The monoisotopic (exact) mass is 471 g/mol. The number of hydrogen-bond donors (Lipinski definition) is 1. The first-order chi connectivity index (χ1) is 15.7. The molecular formula is C21H24F3N3O6. The Hall–Kier alpha value is -3.15. The van der Waals surface area contributed by atoms with Crippen LogP contribution in [-0.4, -0.2) is 70.1 Å². The Labute approximate surface area is 187 Å². The van der Waals surface area contributed by atoms with Crippen LogP contribution in [0.2, 0.25) is 0 Å². The number of carboxylic acid groups (broad SMARTS) is 1. The van der Waals surface area contributed by atoms with Crippen LogP contribution in [0.15, 0.2) is 35.1 Å². The predicted molar refractivity (Wildman–Crippen MR) is 107 cm³/mol. The molecular weight excluding hydrogens is 447 g/mol. The van der Waals surface area contributed by atoms with Gasteiger partial charge in [-0.3, -0.25) is 4.79 Å². The molecule has 0 saturated carbocycles. The third-order valence-electron chi connectivity index (χ3n) is 5.60. The van der Waals surface area contributed by atoms with Gasteiger partial charge in [0.25, 0.3) is 5.91 Å². The van der Waals surface area contributed by atoms with Gasteiger partial charge in [-0.1, -0.05) is 18.1 Å². The summed E-state index contributed by atoms with van der Waals surface area (Å²) >= 11 is 0. The fourth-order valence-corrected chi connectivity index (χ4v) is 3.89. The van der Waals surface area contributed by atoms with Crippen LogP contribution in [0.25, 0.3) is 0 Å². The van der Waals surface area contributed by atoms with Gasteiger partial charge >= 0.3 is 12.1 Å². The largest absolute Gasteiger partial charge is 0.490 e. The molecule has 0 aromatic carbocycles. The number of amides is 1. The van der Waals surface area contributed by atoms with E-state index in [1.165, 1.54) is 6.20 Å². The molecule has 2 saturated heterocycles. The molecule has 4 heterocycles. The van der Waals surface area contributed by atoms with Gasteiger partial charge in [-0.25, -0.2) is 9.78 Å². The normalized spacial score (nSPS) is 18.9. The molecule has 33 heavy (non-hydrogen) atoms. The van der Waals surface area contributed by atoms with E-state index in [-0.39, 0.29) is 11.5 Å². The highest BCUT2D eigenvalue weighted by Gasteiger charge is 2.54. The summed E-state index contributed by atoms with van der Waals surface area (Å²) in [7, 11) is 0. The predicted octanol–water partition coefficient (Wildman–Crippen LogP) is 2.97. The van der Waals surface area contributed by atoms with E-state index in [0.717, 1.165) is 19.4 Å². The number of nitrogens with zero attached hydrogens (tertiary/aromatic N) is 3. The second-order valence-corrected chi connectivity index (χ2v) is 7.68. The topological polar surface area (TPSA) is 115 Å². The molecule has 1 atom stereocenters. The quantitative estimate of drug-likeness (QED) is 0.684. The standard InChI is InChI=1S/C19H23N3O4.C2HF3O2/c1-2-16-15(11-21-26-16)18(23)22-12-19(13-22)14(7-10-25-19)6-9-24-17-5-3-4-8-20-17;3-2(4,5)1(6)7/h3-5,8,11,14H,2,6-7,9-10,12-13H2,1H3;(H,6,7). The van der Waals surface area contributed by atoms with Gasteiger partial charge in [0, 0.05) is 25.3 Å². The van der Waals surface area contributed by atoms with Gasteiger partial charge in [0.2, 0.25) is 5.88 Å². The van der Waals surface area contributed by atoms with Crippen molar-refractivity contribution in [3.8, 4) is 5.88 Å². The molecule has 1 spiro atoms. The molecule has 2 aromatic rings. The minimum atomic E-state index is -5.08. The minimum Gasteiger partial charge on any atom is -0.478 e. The number of aryl methyl sites for hydroxylation is 1. The van der Waals surface area contributed by atoms with Crippen LogP contribution in [-0.2, 0) is 16.0 Å². The second-order valence-electron chi connectivity index (χ2n) is 7.68. The first-order valence-corrected chi connectivity index (χ1v) is 10.4. The first kappa shape index (κ1) is 24.5. The Morgan fingerprint density at radius 1 is 1.33 bits per heavy atom. The fraction of sp³-hybridized carbons (Fsp3) is 0.524. The lowest BCUT2D eigenvalue weighted by molar-refractivity contribution is -0.192. The molecule has 9 nitrogen and oxygen atoms in total. The van der Waals surface area contributed by atoms with E-state index >= 15 is 0 Å².